The molecular formula is C23H29FN2O5. The molecule has 0 aromatic heterocycles. The Labute approximate surface area is 181 Å². The number of ether oxygens (including phenoxy) is 2. The highest BCUT2D eigenvalue weighted by Crippen LogP contribution is 2.39. The van der Waals surface area contributed by atoms with E-state index in [1.165, 1.54) is 12.1 Å². The second kappa shape index (κ2) is 9.34. The van der Waals surface area contributed by atoms with Gasteiger partial charge in [-0.3, -0.25) is 9.59 Å². The van der Waals surface area contributed by atoms with Gasteiger partial charge in [0.15, 0.2) is 0 Å². The Bertz CT molecular complexity index is 837. The summed E-state index contributed by atoms with van der Waals surface area (Å²) in [5, 5.41) is 4.18. The highest BCUT2D eigenvalue weighted by Gasteiger charge is 2.48. The lowest BCUT2D eigenvalue weighted by Gasteiger charge is -2.42. The van der Waals surface area contributed by atoms with Gasteiger partial charge in [0.2, 0.25) is 5.91 Å². The summed E-state index contributed by atoms with van der Waals surface area (Å²) in [7, 11) is 0. The molecule has 1 amide bonds. The van der Waals surface area contributed by atoms with E-state index in [0.717, 1.165) is 24.1 Å². The normalized spacial score (nSPS) is 28.2. The summed E-state index contributed by atoms with van der Waals surface area (Å²) in [6, 6.07) is 6.13. The predicted octanol–water partition coefficient (Wildman–Crippen LogP) is 2.92. The molecule has 168 valence electrons. The number of carbonyl (C=O) groups excluding carboxylic acids is 2. The van der Waals surface area contributed by atoms with Crippen LogP contribution in [0.5, 0.6) is 0 Å². The molecule has 0 unspecified atom stereocenters. The molecule has 1 aromatic carbocycles. The molecule has 2 saturated heterocycles. The van der Waals surface area contributed by atoms with Gasteiger partial charge in [-0.15, -0.1) is 0 Å². The van der Waals surface area contributed by atoms with E-state index >= 15 is 0 Å². The van der Waals surface area contributed by atoms with Gasteiger partial charge in [-0.1, -0.05) is 17.3 Å². The lowest BCUT2D eigenvalue weighted by molar-refractivity contribution is -0.164. The Morgan fingerprint density at radius 1 is 1.32 bits per heavy atom. The molecule has 31 heavy (non-hydrogen) atoms. The minimum Gasteiger partial charge on any atom is -0.466 e. The van der Waals surface area contributed by atoms with Gasteiger partial charge in [0.25, 0.3) is 0 Å². The van der Waals surface area contributed by atoms with Crippen LogP contribution in [0.25, 0.3) is 0 Å². The van der Waals surface area contributed by atoms with Gasteiger partial charge in [0, 0.05) is 32.5 Å². The monoisotopic (exact) mass is 432 g/mol. The molecule has 0 spiro atoms. The van der Waals surface area contributed by atoms with Gasteiger partial charge in [-0.2, -0.15) is 0 Å². The van der Waals surface area contributed by atoms with Crippen LogP contribution in [0, 0.1) is 17.2 Å². The number of piperidine rings is 1. The molecule has 0 bridgehead atoms. The van der Waals surface area contributed by atoms with Crippen molar-refractivity contribution in [1.29, 1.82) is 0 Å². The van der Waals surface area contributed by atoms with Crippen LogP contribution in [-0.2, 0) is 23.9 Å². The van der Waals surface area contributed by atoms with Gasteiger partial charge in [-0.25, -0.2) is 4.39 Å². The van der Waals surface area contributed by atoms with Gasteiger partial charge < -0.3 is 19.2 Å². The molecule has 0 N–H and O–H groups in total. The highest BCUT2D eigenvalue weighted by molar-refractivity contribution is 6.01. The number of nitrogens with zero attached hydrogens (tertiary/aromatic N) is 2. The highest BCUT2D eigenvalue weighted by atomic mass is 19.1. The van der Waals surface area contributed by atoms with Crippen molar-refractivity contribution in [3.8, 4) is 0 Å². The first kappa shape index (κ1) is 21.7. The number of carbonyl (C=O) groups is 2. The molecule has 3 heterocycles. The largest absolute Gasteiger partial charge is 0.466 e. The molecule has 3 aliphatic heterocycles. The molecule has 0 radical (unpaired) electrons. The molecular weight excluding hydrogens is 403 g/mol. The molecule has 4 rings (SSSR count). The summed E-state index contributed by atoms with van der Waals surface area (Å²) in [4.78, 5) is 33.5. The van der Waals surface area contributed by atoms with E-state index in [-0.39, 0.29) is 36.3 Å². The molecule has 0 aliphatic carbocycles. The van der Waals surface area contributed by atoms with Crippen LogP contribution in [0.15, 0.2) is 29.4 Å². The standard InChI is InChI=1S/C23H29FN2O5/c1-2-30-22(28)23(9-3-10-26(15-23)21(27)17-8-11-29-14-17)13-19-12-20(25-31-19)16-4-6-18(24)7-5-16/h4-7,17,19H,2-3,8-15H2,1H3/t17-,19+,23-/m1/s1. The van der Waals surface area contributed by atoms with Crippen LogP contribution in [0.3, 0.4) is 0 Å². The quantitative estimate of drug-likeness (QED) is 0.646. The van der Waals surface area contributed by atoms with E-state index < -0.39 is 5.41 Å². The van der Waals surface area contributed by atoms with Crippen molar-refractivity contribution in [3.63, 3.8) is 0 Å². The number of hydrogen-bond acceptors (Lipinski definition) is 6. The molecule has 0 saturated carbocycles. The molecule has 3 atom stereocenters. The zero-order valence-corrected chi connectivity index (χ0v) is 17.8. The van der Waals surface area contributed by atoms with Crippen molar-refractivity contribution >= 4 is 17.6 Å². The van der Waals surface area contributed by atoms with Gasteiger partial charge >= 0.3 is 5.97 Å². The summed E-state index contributed by atoms with van der Waals surface area (Å²) < 4.78 is 24.0. The van der Waals surface area contributed by atoms with Crippen LogP contribution in [-0.4, -0.2) is 61.5 Å². The average Bonchev–Trinajstić information content (AvgIpc) is 3.47. The van der Waals surface area contributed by atoms with Crippen molar-refractivity contribution in [2.45, 2.75) is 45.1 Å². The van der Waals surface area contributed by atoms with Gasteiger partial charge in [0.05, 0.1) is 30.3 Å². The van der Waals surface area contributed by atoms with Crippen LogP contribution in [0.1, 0.15) is 44.6 Å². The minimum absolute atomic E-state index is 0.0569. The smallest absolute Gasteiger partial charge is 0.314 e. The summed E-state index contributed by atoms with van der Waals surface area (Å²) in [6.45, 7) is 4.09. The van der Waals surface area contributed by atoms with Crippen molar-refractivity contribution in [1.82, 2.24) is 4.90 Å². The second-order valence-electron chi connectivity index (χ2n) is 8.61. The number of amides is 1. The van der Waals surface area contributed by atoms with Crippen LogP contribution < -0.4 is 0 Å². The molecule has 2 fully saturated rings. The number of hydrogen-bond donors (Lipinski definition) is 0. The zero-order chi connectivity index (χ0) is 21.8. The van der Waals surface area contributed by atoms with E-state index in [9.17, 15) is 14.0 Å². The van der Waals surface area contributed by atoms with E-state index in [1.54, 1.807) is 24.0 Å². The van der Waals surface area contributed by atoms with E-state index in [4.69, 9.17) is 14.3 Å². The van der Waals surface area contributed by atoms with Crippen LogP contribution >= 0.6 is 0 Å². The van der Waals surface area contributed by atoms with Crippen LogP contribution in [0.2, 0.25) is 0 Å². The Balaban J connectivity index is 1.47. The maximum atomic E-state index is 13.2. The van der Waals surface area contributed by atoms with Crippen molar-refractivity contribution in [3.05, 3.63) is 35.6 Å². The fraction of sp³-hybridized carbons (Fsp3) is 0.609. The molecule has 7 nitrogen and oxygen atoms in total. The fourth-order valence-electron chi connectivity index (χ4n) is 4.79. The third-order valence-electron chi connectivity index (χ3n) is 6.40. The first-order valence-corrected chi connectivity index (χ1v) is 11.0. The first-order chi connectivity index (χ1) is 15.0. The Morgan fingerprint density at radius 3 is 2.84 bits per heavy atom. The topological polar surface area (TPSA) is 77.4 Å². The third kappa shape index (κ3) is 4.74. The van der Waals surface area contributed by atoms with E-state index in [1.807, 2.05) is 0 Å². The van der Waals surface area contributed by atoms with E-state index in [0.29, 0.717) is 45.6 Å². The Hall–Kier alpha value is -2.48. The van der Waals surface area contributed by atoms with Gasteiger partial charge in [0.1, 0.15) is 11.9 Å². The minimum atomic E-state index is -0.818. The lowest BCUT2D eigenvalue weighted by Crippen LogP contribution is -2.53. The number of halogens is 1. The van der Waals surface area contributed by atoms with Crippen molar-refractivity contribution < 1.29 is 28.3 Å². The number of rotatable bonds is 6. The Kier molecular flexibility index (Phi) is 6.55. The number of oxime groups is 1. The van der Waals surface area contributed by atoms with E-state index in [2.05, 4.69) is 5.16 Å². The summed E-state index contributed by atoms with van der Waals surface area (Å²) >= 11 is 0. The zero-order valence-electron chi connectivity index (χ0n) is 17.8. The lowest BCUT2D eigenvalue weighted by atomic mass is 9.74. The molecule has 1 aromatic rings. The first-order valence-electron chi connectivity index (χ1n) is 11.0. The maximum Gasteiger partial charge on any atom is 0.314 e. The third-order valence-corrected chi connectivity index (χ3v) is 6.40. The average molecular weight is 432 g/mol. The van der Waals surface area contributed by atoms with Crippen molar-refractivity contribution in [2.24, 2.45) is 16.5 Å². The predicted molar refractivity (Wildman–Crippen MR) is 111 cm³/mol. The van der Waals surface area contributed by atoms with Crippen molar-refractivity contribution in [2.75, 3.05) is 32.9 Å². The summed E-state index contributed by atoms with van der Waals surface area (Å²) in [5.74, 6) is -0.662. The van der Waals surface area contributed by atoms with Gasteiger partial charge in [-0.05, 0) is 43.9 Å². The fourth-order valence-corrected chi connectivity index (χ4v) is 4.79. The number of likely N-dealkylation sites (tertiary alicyclic amines) is 1. The summed E-state index contributed by atoms with van der Waals surface area (Å²) in [6.07, 6.45) is 2.75. The number of esters is 1. The second-order valence-corrected chi connectivity index (χ2v) is 8.61. The summed E-state index contributed by atoms with van der Waals surface area (Å²) in [5.41, 5.74) is 0.716. The Morgan fingerprint density at radius 2 is 2.13 bits per heavy atom. The molecule has 8 heteroatoms. The SMILES string of the molecule is CCOC(=O)[C@@]1(C[C@@H]2CC(c3ccc(F)cc3)=NO2)CCCN(C(=O)[C@@H]2CCOC2)C1. The number of benzene rings is 1. The maximum absolute atomic E-state index is 13.2. The molecule has 3 aliphatic rings. The van der Waals surface area contributed by atoms with Crippen LogP contribution in [0.4, 0.5) is 4.39 Å².